The van der Waals surface area contributed by atoms with E-state index >= 15 is 0 Å². The molecule has 1 aliphatic heterocycles. The fourth-order valence-corrected chi connectivity index (χ4v) is 2.67. The average molecular weight is 347 g/mol. The van der Waals surface area contributed by atoms with Crippen LogP contribution in [0.5, 0.6) is 5.88 Å². The molecule has 1 aromatic carbocycles. The van der Waals surface area contributed by atoms with Gasteiger partial charge in [0.2, 0.25) is 5.88 Å². The van der Waals surface area contributed by atoms with Crippen LogP contribution in [0.3, 0.4) is 0 Å². The van der Waals surface area contributed by atoms with Gasteiger partial charge in [-0.2, -0.15) is 0 Å². The van der Waals surface area contributed by atoms with Crippen molar-refractivity contribution in [1.29, 1.82) is 0 Å². The number of hydrogen-bond acceptors (Lipinski definition) is 4. The Morgan fingerprint density at radius 3 is 2.88 bits per heavy atom. The standard InChI is InChI=1S/C18H19F2N3O2/c1-2-14(21)10-25-17-16-12(5-6-22-17)9-23(18(16)24)8-11-3-4-13(19)7-15(11)20/h3-7,14H,2,8-10,21H2,1H3/t14-/m0/s1. The van der Waals surface area contributed by atoms with Crippen molar-refractivity contribution in [3.63, 3.8) is 0 Å². The Hall–Kier alpha value is -2.54. The molecule has 2 aromatic rings. The molecule has 1 aromatic heterocycles. The molecule has 0 radical (unpaired) electrons. The SMILES string of the molecule is CC[C@H](N)COc1nccc2c1C(=O)N(Cc1ccc(F)cc1F)C2. The van der Waals surface area contributed by atoms with Gasteiger partial charge in [0.05, 0.1) is 0 Å². The van der Waals surface area contributed by atoms with E-state index < -0.39 is 11.6 Å². The molecule has 0 bridgehead atoms. The summed E-state index contributed by atoms with van der Waals surface area (Å²) in [6.45, 7) is 2.58. The number of rotatable bonds is 6. The largest absolute Gasteiger partial charge is 0.475 e. The second-order valence-corrected chi connectivity index (χ2v) is 6.03. The summed E-state index contributed by atoms with van der Waals surface area (Å²) in [5, 5.41) is 0. The molecule has 3 rings (SSSR count). The molecule has 0 spiro atoms. The summed E-state index contributed by atoms with van der Waals surface area (Å²) in [7, 11) is 0. The van der Waals surface area contributed by atoms with Crippen LogP contribution in [0.1, 0.15) is 34.8 Å². The third-order valence-corrected chi connectivity index (χ3v) is 4.20. The number of aromatic nitrogens is 1. The zero-order valence-electron chi connectivity index (χ0n) is 13.8. The van der Waals surface area contributed by atoms with Gasteiger partial charge in [-0.1, -0.05) is 13.0 Å². The molecular weight excluding hydrogens is 328 g/mol. The van der Waals surface area contributed by atoms with E-state index in [4.69, 9.17) is 10.5 Å². The van der Waals surface area contributed by atoms with Crippen LogP contribution in [0.15, 0.2) is 30.5 Å². The highest BCUT2D eigenvalue weighted by Crippen LogP contribution is 2.30. The molecule has 0 aliphatic carbocycles. The Morgan fingerprint density at radius 2 is 2.16 bits per heavy atom. The predicted molar refractivity (Wildman–Crippen MR) is 87.9 cm³/mol. The van der Waals surface area contributed by atoms with Crippen LogP contribution in [0.4, 0.5) is 8.78 Å². The van der Waals surface area contributed by atoms with Crippen LogP contribution in [0.2, 0.25) is 0 Å². The highest BCUT2D eigenvalue weighted by atomic mass is 19.1. The van der Waals surface area contributed by atoms with Crippen molar-refractivity contribution in [3.05, 3.63) is 58.8 Å². The number of carbonyl (C=O) groups excluding carboxylic acids is 1. The first-order valence-electron chi connectivity index (χ1n) is 8.09. The maximum atomic E-state index is 13.9. The molecule has 1 atom stereocenters. The molecule has 132 valence electrons. The number of ether oxygens (including phenoxy) is 1. The van der Waals surface area contributed by atoms with Gasteiger partial charge in [-0.3, -0.25) is 4.79 Å². The van der Waals surface area contributed by atoms with Gasteiger partial charge >= 0.3 is 0 Å². The molecule has 2 N–H and O–H groups in total. The lowest BCUT2D eigenvalue weighted by Gasteiger charge is -2.16. The fraction of sp³-hybridized carbons (Fsp3) is 0.333. The summed E-state index contributed by atoms with van der Waals surface area (Å²) in [6, 6.07) is 4.93. The number of amides is 1. The summed E-state index contributed by atoms with van der Waals surface area (Å²) in [5.41, 5.74) is 7.24. The third-order valence-electron chi connectivity index (χ3n) is 4.20. The van der Waals surface area contributed by atoms with Crippen molar-refractivity contribution in [2.24, 2.45) is 5.73 Å². The maximum Gasteiger partial charge on any atom is 0.260 e. The number of nitrogens with two attached hydrogens (primary N) is 1. The van der Waals surface area contributed by atoms with Crippen molar-refractivity contribution in [3.8, 4) is 5.88 Å². The zero-order valence-corrected chi connectivity index (χ0v) is 13.8. The van der Waals surface area contributed by atoms with Gasteiger partial charge in [-0.15, -0.1) is 0 Å². The Labute approximate surface area is 144 Å². The number of hydrogen-bond donors (Lipinski definition) is 1. The van der Waals surface area contributed by atoms with Crippen molar-refractivity contribution in [1.82, 2.24) is 9.88 Å². The van der Waals surface area contributed by atoms with E-state index in [1.165, 1.54) is 17.0 Å². The number of halogens is 2. The molecule has 25 heavy (non-hydrogen) atoms. The van der Waals surface area contributed by atoms with E-state index in [1.54, 1.807) is 12.3 Å². The highest BCUT2D eigenvalue weighted by molar-refractivity contribution is 6.00. The number of fused-ring (bicyclic) bond motifs is 1. The minimum Gasteiger partial charge on any atom is -0.475 e. The molecule has 0 saturated carbocycles. The van der Waals surface area contributed by atoms with E-state index in [9.17, 15) is 13.6 Å². The molecular formula is C18H19F2N3O2. The van der Waals surface area contributed by atoms with Gasteiger partial charge in [0.15, 0.2) is 0 Å². The van der Waals surface area contributed by atoms with Gasteiger partial charge in [0.25, 0.3) is 5.91 Å². The maximum absolute atomic E-state index is 13.9. The van der Waals surface area contributed by atoms with Gasteiger partial charge in [-0.25, -0.2) is 13.8 Å². The molecule has 2 heterocycles. The van der Waals surface area contributed by atoms with Crippen LogP contribution in [0.25, 0.3) is 0 Å². The van der Waals surface area contributed by atoms with Crippen LogP contribution in [-0.4, -0.2) is 28.4 Å². The molecule has 7 heteroatoms. The molecule has 1 aliphatic rings. The first-order valence-corrected chi connectivity index (χ1v) is 8.09. The lowest BCUT2D eigenvalue weighted by molar-refractivity contribution is 0.0761. The number of pyridine rings is 1. The van der Waals surface area contributed by atoms with E-state index in [0.717, 1.165) is 18.1 Å². The molecule has 5 nitrogen and oxygen atoms in total. The Kier molecular flexibility index (Phi) is 4.94. The number of nitrogens with zero attached hydrogens (tertiary/aromatic N) is 2. The van der Waals surface area contributed by atoms with Crippen molar-refractivity contribution in [2.75, 3.05) is 6.61 Å². The molecule has 0 fully saturated rings. The molecule has 0 saturated heterocycles. The monoisotopic (exact) mass is 347 g/mol. The summed E-state index contributed by atoms with van der Waals surface area (Å²) in [4.78, 5) is 18.3. The van der Waals surface area contributed by atoms with Crippen LogP contribution in [0, 0.1) is 11.6 Å². The second kappa shape index (κ2) is 7.14. The fourth-order valence-electron chi connectivity index (χ4n) is 2.67. The zero-order chi connectivity index (χ0) is 18.0. The van der Waals surface area contributed by atoms with E-state index in [0.29, 0.717) is 12.1 Å². The van der Waals surface area contributed by atoms with Gasteiger partial charge in [-0.05, 0) is 24.1 Å². The highest BCUT2D eigenvalue weighted by Gasteiger charge is 2.32. The Morgan fingerprint density at radius 1 is 1.36 bits per heavy atom. The Bertz CT molecular complexity index is 798. The number of benzene rings is 1. The molecule has 0 unspecified atom stereocenters. The minimum atomic E-state index is -0.674. The van der Waals surface area contributed by atoms with Gasteiger partial charge < -0.3 is 15.4 Å². The summed E-state index contributed by atoms with van der Waals surface area (Å²) in [6.07, 6.45) is 2.32. The van der Waals surface area contributed by atoms with Crippen molar-refractivity contribution < 1.29 is 18.3 Å². The van der Waals surface area contributed by atoms with Gasteiger partial charge in [0, 0.05) is 37.0 Å². The topological polar surface area (TPSA) is 68.5 Å². The number of carbonyl (C=O) groups is 1. The lowest BCUT2D eigenvalue weighted by atomic mass is 10.2. The van der Waals surface area contributed by atoms with E-state index in [1.807, 2.05) is 6.92 Å². The average Bonchev–Trinajstić information content (AvgIpc) is 2.91. The van der Waals surface area contributed by atoms with Crippen molar-refractivity contribution in [2.45, 2.75) is 32.5 Å². The molecule has 1 amide bonds. The second-order valence-electron chi connectivity index (χ2n) is 6.03. The normalized spacial score (nSPS) is 14.6. The Balaban J connectivity index is 1.79. The van der Waals surface area contributed by atoms with E-state index in [2.05, 4.69) is 4.98 Å². The predicted octanol–water partition coefficient (Wildman–Crippen LogP) is 2.63. The van der Waals surface area contributed by atoms with Gasteiger partial charge in [0.1, 0.15) is 23.8 Å². The lowest BCUT2D eigenvalue weighted by Crippen LogP contribution is -2.28. The first-order chi connectivity index (χ1) is 12.0. The van der Waals surface area contributed by atoms with Crippen molar-refractivity contribution >= 4 is 5.91 Å². The van der Waals surface area contributed by atoms with Crippen LogP contribution < -0.4 is 10.5 Å². The quantitative estimate of drug-likeness (QED) is 0.872. The third kappa shape index (κ3) is 3.61. The van der Waals surface area contributed by atoms with Crippen LogP contribution in [-0.2, 0) is 13.1 Å². The summed E-state index contributed by atoms with van der Waals surface area (Å²) >= 11 is 0. The van der Waals surface area contributed by atoms with E-state index in [-0.39, 0.29) is 36.5 Å². The first kappa shape index (κ1) is 17.3. The minimum absolute atomic E-state index is 0.0491. The van der Waals surface area contributed by atoms with Crippen LogP contribution >= 0.6 is 0 Å². The summed E-state index contributed by atoms with van der Waals surface area (Å²) < 4.78 is 32.5. The smallest absolute Gasteiger partial charge is 0.260 e. The summed E-state index contributed by atoms with van der Waals surface area (Å²) in [5.74, 6) is -1.36.